The molecule has 1 aliphatic carbocycles. The largest absolute Gasteiger partial charge is 0.449 e. The third kappa shape index (κ3) is 3.92. The molecule has 1 aromatic carbocycles. The number of aromatic nitrogens is 1. The average molecular weight is 285 g/mol. The summed E-state index contributed by atoms with van der Waals surface area (Å²) in [5.41, 5.74) is 2.58. The third-order valence-corrected chi connectivity index (χ3v) is 3.45. The highest BCUT2D eigenvalue weighted by Gasteiger charge is 2.20. The van der Waals surface area contributed by atoms with Gasteiger partial charge in [0.25, 0.3) is 0 Å². The van der Waals surface area contributed by atoms with E-state index in [1.165, 1.54) is 12.8 Å². The van der Waals surface area contributed by atoms with Gasteiger partial charge in [-0.3, -0.25) is 4.79 Å². The molecule has 1 amide bonds. The first-order chi connectivity index (χ1) is 10.2. The van der Waals surface area contributed by atoms with Crippen molar-refractivity contribution in [1.29, 1.82) is 0 Å². The van der Waals surface area contributed by atoms with Gasteiger partial charge in [-0.25, -0.2) is 4.98 Å². The highest BCUT2D eigenvalue weighted by Crippen LogP contribution is 2.21. The summed E-state index contributed by atoms with van der Waals surface area (Å²) in [4.78, 5) is 16.1. The number of carbonyl (C=O) groups is 1. The molecule has 1 fully saturated rings. The van der Waals surface area contributed by atoms with E-state index in [2.05, 4.69) is 15.6 Å². The SMILES string of the molecule is Cc1nc(-c2ccc(NC(=O)CCNC3CC3)cc2)co1. The van der Waals surface area contributed by atoms with Gasteiger partial charge in [0.15, 0.2) is 5.89 Å². The van der Waals surface area contributed by atoms with E-state index in [1.807, 2.05) is 31.2 Å². The zero-order valence-electron chi connectivity index (χ0n) is 12.1. The van der Waals surface area contributed by atoms with Crippen LogP contribution in [0.5, 0.6) is 0 Å². The summed E-state index contributed by atoms with van der Waals surface area (Å²) in [5.74, 6) is 0.679. The van der Waals surface area contributed by atoms with Crippen LogP contribution in [0, 0.1) is 6.92 Å². The summed E-state index contributed by atoms with van der Waals surface area (Å²) in [7, 11) is 0. The van der Waals surface area contributed by atoms with Crippen molar-refractivity contribution < 1.29 is 9.21 Å². The number of amides is 1. The minimum Gasteiger partial charge on any atom is -0.449 e. The molecule has 0 atom stereocenters. The first-order valence-electron chi connectivity index (χ1n) is 7.26. The summed E-state index contributed by atoms with van der Waals surface area (Å²) >= 11 is 0. The molecule has 5 nitrogen and oxygen atoms in total. The van der Waals surface area contributed by atoms with E-state index in [4.69, 9.17) is 4.42 Å². The molecule has 1 heterocycles. The minimum atomic E-state index is 0.0354. The maximum atomic E-state index is 11.8. The smallest absolute Gasteiger partial charge is 0.225 e. The van der Waals surface area contributed by atoms with Crippen molar-refractivity contribution in [3.05, 3.63) is 36.4 Å². The monoisotopic (exact) mass is 285 g/mol. The summed E-state index contributed by atoms with van der Waals surface area (Å²) in [6.45, 7) is 2.56. The minimum absolute atomic E-state index is 0.0354. The molecule has 0 saturated heterocycles. The van der Waals surface area contributed by atoms with Crippen LogP contribution in [0.25, 0.3) is 11.3 Å². The molecule has 0 spiro atoms. The van der Waals surface area contributed by atoms with Gasteiger partial charge in [0.1, 0.15) is 12.0 Å². The maximum Gasteiger partial charge on any atom is 0.225 e. The molecular formula is C16H19N3O2. The lowest BCUT2D eigenvalue weighted by molar-refractivity contribution is -0.116. The number of carbonyl (C=O) groups excluding carboxylic acids is 1. The van der Waals surface area contributed by atoms with Gasteiger partial charge in [0, 0.05) is 37.2 Å². The number of anilines is 1. The number of nitrogens with one attached hydrogen (secondary N) is 2. The predicted molar refractivity (Wildman–Crippen MR) is 80.9 cm³/mol. The fraction of sp³-hybridized carbons (Fsp3) is 0.375. The molecule has 0 unspecified atom stereocenters. The van der Waals surface area contributed by atoms with Crippen molar-refractivity contribution in [2.75, 3.05) is 11.9 Å². The standard InChI is InChI=1S/C16H19N3O2/c1-11-18-15(10-21-11)12-2-4-14(5-3-12)19-16(20)8-9-17-13-6-7-13/h2-5,10,13,17H,6-9H2,1H3,(H,19,20). The fourth-order valence-electron chi connectivity index (χ4n) is 2.12. The van der Waals surface area contributed by atoms with E-state index < -0.39 is 0 Å². The molecule has 0 aliphatic heterocycles. The Hall–Kier alpha value is -2.14. The van der Waals surface area contributed by atoms with Crippen molar-refractivity contribution >= 4 is 11.6 Å². The highest BCUT2D eigenvalue weighted by atomic mass is 16.3. The fourth-order valence-corrected chi connectivity index (χ4v) is 2.12. The molecule has 0 radical (unpaired) electrons. The molecule has 5 heteroatoms. The van der Waals surface area contributed by atoms with Gasteiger partial charge in [0.2, 0.25) is 5.91 Å². The van der Waals surface area contributed by atoms with Crippen LogP contribution >= 0.6 is 0 Å². The van der Waals surface area contributed by atoms with E-state index in [1.54, 1.807) is 6.26 Å². The van der Waals surface area contributed by atoms with Crippen LogP contribution < -0.4 is 10.6 Å². The molecule has 1 saturated carbocycles. The Balaban J connectivity index is 1.52. The van der Waals surface area contributed by atoms with Crippen molar-refractivity contribution in [2.45, 2.75) is 32.2 Å². The van der Waals surface area contributed by atoms with Crippen molar-refractivity contribution in [1.82, 2.24) is 10.3 Å². The molecule has 21 heavy (non-hydrogen) atoms. The van der Waals surface area contributed by atoms with E-state index in [0.29, 0.717) is 18.4 Å². The van der Waals surface area contributed by atoms with Gasteiger partial charge in [-0.15, -0.1) is 0 Å². The van der Waals surface area contributed by atoms with E-state index in [-0.39, 0.29) is 5.91 Å². The lowest BCUT2D eigenvalue weighted by Crippen LogP contribution is -2.23. The molecule has 2 N–H and O–H groups in total. The number of rotatable bonds is 6. The topological polar surface area (TPSA) is 67.2 Å². The van der Waals surface area contributed by atoms with Crippen LogP contribution in [0.3, 0.4) is 0 Å². The van der Waals surface area contributed by atoms with E-state index in [0.717, 1.165) is 23.5 Å². The van der Waals surface area contributed by atoms with Crippen LogP contribution in [-0.2, 0) is 4.79 Å². The second kappa shape index (κ2) is 6.10. The van der Waals surface area contributed by atoms with Crippen LogP contribution in [-0.4, -0.2) is 23.5 Å². The molecule has 1 aromatic heterocycles. The highest BCUT2D eigenvalue weighted by molar-refractivity contribution is 5.91. The first kappa shape index (κ1) is 13.8. The predicted octanol–water partition coefficient (Wildman–Crippen LogP) is 2.73. The number of nitrogens with zero attached hydrogens (tertiary/aromatic N) is 1. The van der Waals surface area contributed by atoms with Gasteiger partial charge in [0.05, 0.1) is 0 Å². The second-order valence-electron chi connectivity index (χ2n) is 5.36. The zero-order chi connectivity index (χ0) is 14.7. The lowest BCUT2D eigenvalue weighted by atomic mass is 10.1. The third-order valence-electron chi connectivity index (χ3n) is 3.45. The van der Waals surface area contributed by atoms with E-state index in [9.17, 15) is 4.79 Å². The number of benzene rings is 1. The van der Waals surface area contributed by atoms with Gasteiger partial charge < -0.3 is 15.1 Å². The van der Waals surface area contributed by atoms with Gasteiger partial charge >= 0.3 is 0 Å². The van der Waals surface area contributed by atoms with Gasteiger partial charge in [-0.2, -0.15) is 0 Å². The van der Waals surface area contributed by atoms with Crippen molar-refractivity contribution in [3.63, 3.8) is 0 Å². The Kier molecular flexibility index (Phi) is 4.01. The quantitative estimate of drug-likeness (QED) is 0.856. The molecule has 2 aromatic rings. The number of oxazole rings is 1. The molecule has 110 valence electrons. The maximum absolute atomic E-state index is 11.8. The Labute approximate surface area is 123 Å². The summed E-state index contributed by atoms with van der Waals surface area (Å²) in [6.07, 6.45) is 4.61. The van der Waals surface area contributed by atoms with E-state index >= 15 is 0 Å². The molecule has 1 aliphatic rings. The van der Waals surface area contributed by atoms with Crippen LogP contribution in [0.4, 0.5) is 5.69 Å². The number of hydrogen-bond acceptors (Lipinski definition) is 4. The Morgan fingerprint density at radius 1 is 1.33 bits per heavy atom. The summed E-state index contributed by atoms with van der Waals surface area (Å²) < 4.78 is 5.19. The summed E-state index contributed by atoms with van der Waals surface area (Å²) in [6, 6.07) is 8.25. The Morgan fingerprint density at radius 3 is 2.71 bits per heavy atom. The molecule has 0 bridgehead atoms. The van der Waals surface area contributed by atoms with Crippen LogP contribution in [0.1, 0.15) is 25.2 Å². The van der Waals surface area contributed by atoms with Gasteiger partial charge in [-0.1, -0.05) is 12.1 Å². The van der Waals surface area contributed by atoms with Gasteiger partial charge in [-0.05, 0) is 25.0 Å². The molecule has 3 rings (SSSR count). The zero-order valence-corrected chi connectivity index (χ0v) is 12.1. The Bertz CT molecular complexity index is 615. The van der Waals surface area contributed by atoms with Crippen LogP contribution in [0.2, 0.25) is 0 Å². The molecular weight excluding hydrogens is 266 g/mol. The van der Waals surface area contributed by atoms with Crippen molar-refractivity contribution in [3.8, 4) is 11.3 Å². The second-order valence-corrected chi connectivity index (χ2v) is 5.36. The normalized spacial score (nSPS) is 14.1. The first-order valence-corrected chi connectivity index (χ1v) is 7.26. The Morgan fingerprint density at radius 2 is 2.10 bits per heavy atom. The van der Waals surface area contributed by atoms with Crippen LogP contribution in [0.15, 0.2) is 34.9 Å². The number of hydrogen-bond donors (Lipinski definition) is 2. The lowest BCUT2D eigenvalue weighted by Gasteiger charge is -2.06. The van der Waals surface area contributed by atoms with Crippen molar-refractivity contribution in [2.24, 2.45) is 0 Å². The summed E-state index contributed by atoms with van der Waals surface area (Å²) in [5, 5.41) is 6.22. The average Bonchev–Trinajstić information content (AvgIpc) is 3.19. The number of aryl methyl sites for hydroxylation is 1.